The van der Waals surface area contributed by atoms with Crippen LogP contribution in [0.15, 0.2) is 5.16 Å². The number of hydrogen-bond acceptors (Lipinski definition) is 6. The van der Waals surface area contributed by atoms with Crippen LogP contribution in [0.2, 0.25) is 0 Å². The van der Waals surface area contributed by atoms with Gasteiger partial charge in [-0.05, 0) is 12.8 Å². The zero-order valence-corrected chi connectivity index (χ0v) is 11.7. The molecule has 0 radical (unpaired) electrons. The van der Waals surface area contributed by atoms with Crippen molar-refractivity contribution in [1.82, 2.24) is 0 Å². The number of ether oxygens (including phenoxy) is 2. The molecule has 6 nitrogen and oxygen atoms in total. The molecular weight excluding hydrogens is 282 g/mol. The van der Waals surface area contributed by atoms with Crippen LogP contribution in [0.4, 0.5) is 0 Å². The van der Waals surface area contributed by atoms with E-state index in [-0.39, 0.29) is 11.1 Å². The van der Waals surface area contributed by atoms with E-state index in [2.05, 4.69) is 9.44 Å². The van der Waals surface area contributed by atoms with Crippen molar-refractivity contribution in [3.8, 4) is 0 Å². The molecule has 0 amide bonds. The highest BCUT2D eigenvalue weighted by molar-refractivity contribution is 7.85. The van der Waals surface area contributed by atoms with Gasteiger partial charge in [-0.2, -0.15) is 8.42 Å². The molecule has 8 heteroatoms. The summed E-state index contributed by atoms with van der Waals surface area (Å²) in [5.41, 5.74) is 0. The standard InChI is InChI=1S/C10H16ClNO5S/c1-18(13,14)17-12-9(11)8-4-2-3-5-10(8)15-6-7-16-10/h8H,2-7H2,1H3. The van der Waals surface area contributed by atoms with E-state index in [0.29, 0.717) is 13.2 Å². The van der Waals surface area contributed by atoms with Crippen LogP contribution >= 0.6 is 11.6 Å². The van der Waals surface area contributed by atoms with Gasteiger partial charge in [-0.15, -0.1) is 0 Å². The zero-order chi connectivity index (χ0) is 13.2. The molecule has 1 spiro atoms. The summed E-state index contributed by atoms with van der Waals surface area (Å²) in [6.45, 7) is 1.04. The average molecular weight is 298 g/mol. The molecule has 2 rings (SSSR count). The molecule has 0 bridgehead atoms. The molecule has 1 saturated carbocycles. The van der Waals surface area contributed by atoms with E-state index in [9.17, 15) is 8.42 Å². The van der Waals surface area contributed by atoms with Gasteiger partial charge in [0.2, 0.25) is 0 Å². The molecule has 0 N–H and O–H groups in total. The third-order valence-corrected chi connectivity index (χ3v) is 3.80. The Morgan fingerprint density at radius 2 is 2.06 bits per heavy atom. The van der Waals surface area contributed by atoms with Crippen molar-refractivity contribution in [1.29, 1.82) is 0 Å². The molecule has 1 aliphatic carbocycles. The van der Waals surface area contributed by atoms with E-state index < -0.39 is 15.9 Å². The van der Waals surface area contributed by atoms with Gasteiger partial charge >= 0.3 is 10.1 Å². The fourth-order valence-electron chi connectivity index (χ4n) is 2.40. The van der Waals surface area contributed by atoms with Gasteiger partial charge in [-0.1, -0.05) is 23.2 Å². The molecule has 2 fully saturated rings. The number of oxime groups is 1. The highest BCUT2D eigenvalue weighted by atomic mass is 35.5. The van der Waals surface area contributed by atoms with Crippen molar-refractivity contribution in [3.05, 3.63) is 0 Å². The van der Waals surface area contributed by atoms with Gasteiger partial charge in [0.1, 0.15) is 0 Å². The molecule has 0 aromatic carbocycles. The van der Waals surface area contributed by atoms with Gasteiger partial charge in [-0.25, -0.2) is 0 Å². The second-order valence-electron chi connectivity index (χ2n) is 4.50. The Labute approximate surface area is 111 Å². The van der Waals surface area contributed by atoms with Crippen LogP contribution < -0.4 is 0 Å². The van der Waals surface area contributed by atoms with E-state index in [0.717, 1.165) is 31.9 Å². The zero-order valence-electron chi connectivity index (χ0n) is 10.1. The number of hydrogen-bond donors (Lipinski definition) is 0. The van der Waals surface area contributed by atoms with Crippen molar-refractivity contribution in [3.63, 3.8) is 0 Å². The van der Waals surface area contributed by atoms with Crippen LogP contribution in [0.3, 0.4) is 0 Å². The minimum absolute atomic E-state index is 0.0852. The van der Waals surface area contributed by atoms with Gasteiger partial charge in [-0.3, -0.25) is 4.28 Å². The van der Waals surface area contributed by atoms with E-state index in [1.807, 2.05) is 0 Å². The first-order chi connectivity index (χ1) is 8.43. The number of halogens is 1. The Morgan fingerprint density at radius 3 is 2.67 bits per heavy atom. The lowest BCUT2D eigenvalue weighted by atomic mass is 9.84. The molecule has 1 aliphatic heterocycles. The topological polar surface area (TPSA) is 74.2 Å². The lowest BCUT2D eigenvalue weighted by Crippen LogP contribution is -2.44. The first kappa shape index (κ1) is 14.0. The molecule has 1 unspecified atom stereocenters. The van der Waals surface area contributed by atoms with E-state index in [1.54, 1.807) is 0 Å². The van der Waals surface area contributed by atoms with Gasteiger partial charge in [0.25, 0.3) is 0 Å². The van der Waals surface area contributed by atoms with Crippen LogP contribution in [0.1, 0.15) is 25.7 Å². The summed E-state index contributed by atoms with van der Waals surface area (Å²) in [4.78, 5) is 0. The van der Waals surface area contributed by atoms with Crippen molar-refractivity contribution >= 4 is 26.9 Å². The second kappa shape index (κ2) is 5.32. The molecule has 0 aromatic rings. The third kappa shape index (κ3) is 3.14. The van der Waals surface area contributed by atoms with Crippen molar-refractivity contribution < 1.29 is 22.2 Å². The van der Waals surface area contributed by atoms with E-state index in [4.69, 9.17) is 21.1 Å². The van der Waals surface area contributed by atoms with Crippen LogP contribution in [0.25, 0.3) is 0 Å². The summed E-state index contributed by atoms with van der Waals surface area (Å²) >= 11 is 6.04. The largest absolute Gasteiger partial charge is 0.347 e. The summed E-state index contributed by atoms with van der Waals surface area (Å²) in [6, 6.07) is 0. The minimum atomic E-state index is -3.65. The average Bonchev–Trinajstić information content (AvgIpc) is 2.75. The van der Waals surface area contributed by atoms with Gasteiger partial charge < -0.3 is 9.47 Å². The maximum Gasteiger partial charge on any atom is 0.325 e. The molecule has 2 aliphatic rings. The van der Waals surface area contributed by atoms with Crippen LogP contribution in [-0.4, -0.2) is 38.8 Å². The Hall–Kier alpha value is -0.370. The van der Waals surface area contributed by atoms with Gasteiger partial charge in [0, 0.05) is 6.42 Å². The summed E-state index contributed by atoms with van der Waals surface area (Å²) in [6.07, 6.45) is 4.37. The Balaban J connectivity index is 2.14. The van der Waals surface area contributed by atoms with E-state index in [1.165, 1.54) is 0 Å². The highest BCUT2D eigenvalue weighted by Crippen LogP contribution is 2.41. The molecule has 104 valence electrons. The van der Waals surface area contributed by atoms with Gasteiger partial charge in [0.05, 0.1) is 25.4 Å². The normalized spacial score (nSPS) is 28.6. The van der Waals surface area contributed by atoms with E-state index >= 15 is 0 Å². The molecular formula is C10H16ClNO5S. The Bertz CT molecular complexity index is 430. The van der Waals surface area contributed by atoms with Crippen LogP contribution in [0, 0.1) is 5.92 Å². The predicted molar refractivity (Wildman–Crippen MR) is 65.8 cm³/mol. The number of rotatable bonds is 3. The molecule has 1 saturated heterocycles. The molecule has 18 heavy (non-hydrogen) atoms. The Kier molecular flexibility index (Phi) is 4.15. The maximum absolute atomic E-state index is 10.9. The lowest BCUT2D eigenvalue weighted by molar-refractivity contribution is -0.195. The van der Waals surface area contributed by atoms with Crippen molar-refractivity contribution in [2.75, 3.05) is 19.5 Å². The summed E-state index contributed by atoms with van der Waals surface area (Å²) in [7, 11) is -3.65. The number of nitrogens with zero attached hydrogens (tertiary/aromatic N) is 1. The van der Waals surface area contributed by atoms with Crippen LogP contribution in [-0.2, 0) is 23.9 Å². The highest BCUT2D eigenvalue weighted by Gasteiger charge is 2.48. The van der Waals surface area contributed by atoms with Crippen LogP contribution in [0.5, 0.6) is 0 Å². The molecule has 1 heterocycles. The monoisotopic (exact) mass is 297 g/mol. The first-order valence-electron chi connectivity index (χ1n) is 5.83. The summed E-state index contributed by atoms with van der Waals surface area (Å²) < 4.78 is 37.4. The lowest BCUT2D eigenvalue weighted by Gasteiger charge is -2.38. The van der Waals surface area contributed by atoms with Crippen molar-refractivity contribution in [2.45, 2.75) is 31.5 Å². The third-order valence-electron chi connectivity index (χ3n) is 3.12. The maximum atomic E-state index is 10.9. The smallest absolute Gasteiger partial charge is 0.325 e. The summed E-state index contributed by atoms with van der Waals surface area (Å²) in [5, 5.41) is 3.56. The Morgan fingerprint density at radius 1 is 1.39 bits per heavy atom. The van der Waals surface area contributed by atoms with Crippen molar-refractivity contribution in [2.24, 2.45) is 11.1 Å². The fraction of sp³-hybridized carbons (Fsp3) is 0.900. The SMILES string of the molecule is CS(=O)(=O)ON=C(Cl)C1CCCCC12OCCO2. The van der Waals surface area contributed by atoms with Gasteiger partial charge in [0.15, 0.2) is 11.0 Å². The molecule has 0 aromatic heterocycles. The second-order valence-corrected chi connectivity index (χ2v) is 6.44. The quantitative estimate of drug-likeness (QED) is 0.582. The minimum Gasteiger partial charge on any atom is -0.347 e. The predicted octanol–water partition coefficient (Wildman–Crippen LogP) is 1.45. The summed E-state index contributed by atoms with van der Waals surface area (Å²) in [5.74, 6) is -1.02. The molecule has 1 atom stereocenters. The fourth-order valence-corrected chi connectivity index (χ4v) is 2.96. The first-order valence-corrected chi connectivity index (χ1v) is 8.02.